The van der Waals surface area contributed by atoms with E-state index in [1.165, 1.54) is 0 Å². The molecule has 1 heterocycles. The van der Waals surface area contributed by atoms with Gasteiger partial charge in [-0.05, 0) is 35.4 Å². The van der Waals surface area contributed by atoms with Gasteiger partial charge in [0.2, 0.25) is 10.0 Å². The van der Waals surface area contributed by atoms with Gasteiger partial charge in [0.25, 0.3) is 0 Å². The Balaban J connectivity index is 1.95. The fourth-order valence-corrected chi connectivity index (χ4v) is 3.93. The Hall–Kier alpha value is -3.23. The average molecular weight is 375 g/mol. The van der Waals surface area contributed by atoms with Crippen LogP contribution in [-0.4, -0.2) is 14.7 Å². The number of terminal acetylenes is 1. The van der Waals surface area contributed by atoms with Gasteiger partial charge in [-0.25, -0.2) is 8.42 Å². The maximum absolute atomic E-state index is 11.7. The van der Waals surface area contributed by atoms with Crippen LogP contribution in [0.25, 0.3) is 11.1 Å². The lowest BCUT2D eigenvalue weighted by molar-refractivity contribution is 0.243. The summed E-state index contributed by atoms with van der Waals surface area (Å²) in [7, 11) is -3.38. The first-order valence-electron chi connectivity index (χ1n) is 8.39. The van der Waals surface area contributed by atoms with Gasteiger partial charge >= 0.3 is 0 Å². The van der Waals surface area contributed by atoms with Gasteiger partial charge in [0.05, 0.1) is 6.26 Å². The zero-order chi connectivity index (χ0) is 19.0. The van der Waals surface area contributed by atoms with Crippen molar-refractivity contribution in [1.29, 1.82) is 0 Å². The predicted molar refractivity (Wildman–Crippen MR) is 107 cm³/mol. The van der Waals surface area contributed by atoms with Crippen molar-refractivity contribution >= 4 is 15.7 Å². The molecule has 1 aliphatic heterocycles. The molecule has 5 heteroatoms. The van der Waals surface area contributed by atoms with Crippen molar-refractivity contribution in [3.8, 4) is 29.2 Å². The van der Waals surface area contributed by atoms with E-state index in [2.05, 4.69) is 10.6 Å². The fourth-order valence-electron chi connectivity index (χ4n) is 3.38. The molecule has 0 radical (unpaired) electrons. The van der Waals surface area contributed by atoms with Crippen molar-refractivity contribution in [3.05, 3.63) is 83.4 Å². The molecule has 1 unspecified atom stereocenters. The highest BCUT2D eigenvalue weighted by molar-refractivity contribution is 7.92. The average Bonchev–Trinajstić information content (AvgIpc) is 2.66. The van der Waals surface area contributed by atoms with E-state index in [-0.39, 0.29) is 6.10 Å². The molecule has 0 fully saturated rings. The maximum Gasteiger partial charge on any atom is 0.229 e. The van der Waals surface area contributed by atoms with E-state index >= 15 is 0 Å². The molecule has 0 spiro atoms. The first kappa shape index (κ1) is 17.2. The lowest BCUT2D eigenvalue weighted by atomic mass is 9.87. The number of fused-ring (bicyclic) bond motifs is 3. The molecular weight excluding hydrogens is 358 g/mol. The molecule has 0 aromatic heterocycles. The van der Waals surface area contributed by atoms with Gasteiger partial charge in [-0.2, -0.15) is 0 Å². The zero-order valence-corrected chi connectivity index (χ0v) is 15.5. The molecule has 4 nitrogen and oxygen atoms in total. The van der Waals surface area contributed by atoms with Crippen LogP contribution in [0, 0.1) is 12.3 Å². The number of anilines is 1. The molecule has 1 atom stereocenters. The van der Waals surface area contributed by atoms with Crippen LogP contribution >= 0.6 is 0 Å². The van der Waals surface area contributed by atoms with E-state index in [4.69, 9.17) is 11.2 Å². The topological polar surface area (TPSA) is 55.4 Å². The van der Waals surface area contributed by atoms with Crippen molar-refractivity contribution in [2.45, 2.75) is 6.10 Å². The highest BCUT2D eigenvalue weighted by atomic mass is 32.2. The summed E-state index contributed by atoms with van der Waals surface area (Å²) in [6.07, 6.45) is 6.46. The van der Waals surface area contributed by atoms with Crippen LogP contribution in [0.4, 0.5) is 5.69 Å². The number of hydrogen-bond acceptors (Lipinski definition) is 3. The smallest absolute Gasteiger partial charge is 0.229 e. The van der Waals surface area contributed by atoms with Gasteiger partial charge in [-0.15, -0.1) is 6.42 Å². The summed E-state index contributed by atoms with van der Waals surface area (Å²) in [5.74, 6) is 3.43. The van der Waals surface area contributed by atoms with E-state index in [0.717, 1.165) is 39.8 Å². The van der Waals surface area contributed by atoms with Crippen LogP contribution in [-0.2, 0) is 10.0 Å². The quantitative estimate of drug-likeness (QED) is 0.699. The first-order valence-corrected chi connectivity index (χ1v) is 10.3. The number of hydrogen-bond donors (Lipinski definition) is 1. The Bertz CT molecular complexity index is 1160. The second kappa shape index (κ2) is 6.49. The van der Waals surface area contributed by atoms with Crippen molar-refractivity contribution in [3.63, 3.8) is 0 Å². The summed E-state index contributed by atoms with van der Waals surface area (Å²) in [6.45, 7) is 0. The molecule has 0 aliphatic carbocycles. The zero-order valence-electron chi connectivity index (χ0n) is 14.6. The Morgan fingerprint density at radius 1 is 1.04 bits per heavy atom. The molecule has 4 rings (SSSR count). The second-order valence-electron chi connectivity index (χ2n) is 6.41. The predicted octanol–water partition coefficient (Wildman–Crippen LogP) is 4.19. The van der Waals surface area contributed by atoms with Crippen LogP contribution in [0.3, 0.4) is 0 Å². The number of sulfonamides is 1. The second-order valence-corrected chi connectivity index (χ2v) is 8.16. The van der Waals surface area contributed by atoms with Gasteiger partial charge in [-0.1, -0.05) is 48.4 Å². The van der Waals surface area contributed by atoms with Crippen LogP contribution < -0.4 is 9.46 Å². The standard InChI is InChI=1S/C22H17NO3S/c1-3-15-10-7-11-20-21(15)18-13-12-17(23-27(2,24)25)14-19(18)22(26-20)16-8-5-4-6-9-16/h1,4-14,22-23H,2H3. The number of ether oxygens (including phenoxy) is 1. The van der Waals surface area contributed by atoms with E-state index in [1.807, 2.05) is 60.7 Å². The molecule has 0 saturated heterocycles. The summed E-state index contributed by atoms with van der Waals surface area (Å²) in [5, 5.41) is 0. The van der Waals surface area contributed by atoms with Crippen LogP contribution in [0.5, 0.6) is 5.75 Å². The third-order valence-electron chi connectivity index (χ3n) is 4.44. The third-order valence-corrected chi connectivity index (χ3v) is 5.04. The minimum Gasteiger partial charge on any atom is -0.480 e. The lowest BCUT2D eigenvalue weighted by Gasteiger charge is -2.30. The van der Waals surface area contributed by atoms with E-state index in [0.29, 0.717) is 5.69 Å². The molecule has 0 amide bonds. The minimum absolute atomic E-state index is 0.358. The van der Waals surface area contributed by atoms with Gasteiger partial charge in [0.15, 0.2) is 0 Å². The largest absolute Gasteiger partial charge is 0.480 e. The summed E-state index contributed by atoms with van der Waals surface area (Å²) in [6, 6.07) is 20.9. The van der Waals surface area contributed by atoms with Gasteiger partial charge < -0.3 is 4.74 Å². The molecule has 1 aliphatic rings. The van der Waals surface area contributed by atoms with Gasteiger partial charge in [0.1, 0.15) is 11.9 Å². The monoisotopic (exact) mass is 375 g/mol. The van der Waals surface area contributed by atoms with E-state index in [9.17, 15) is 8.42 Å². The summed E-state index contributed by atoms with van der Waals surface area (Å²) in [5.41, 5.74) is 4.87. The molecule has 1 N–H and O–H groups in total. The van der Waals surface area contributed by atoms with Crippen molar-refractivity contribution in [1.82, 2.24) is 0 Å². The SMILES string of the molecule is C#Cc1cccc2c1-c1ccc(NS(C)(=O)=O)cc1C(c1ccccc1)O2. The van der Waals surface area contributed by atoms with Crippen LogP contribution in [0.1, 0.15) is 22.8 Å². The summed E-state index contributed by atoms with van der Waals surface area (Å²) < 4.78 is 32.1. The molecular formula is C22H17NO3S. The van der Waals surface area contributed by atoms with Crippen molar-refractivity contribution < 1.29 is 13.2 Å². The Morgan fingerprint density at radius 2 is 1.81 bits per heavy atom. The van der Waals surface area contributed by atoms with Gasteiger partial charge in [-0.3, -0.25) is 4.72 Å². The fraction of sp³-hybridized carbons (Fsp3) is 0.0909. The van der Waals surface area contributed by atoms with Crippen molar-refractivity contribution in [2.75, 3.05) is 11.0 Å². The number of rotatable bonds is 3. The number of nitrogens with one attached hydrogen (secondary N) is 1. The summed E-state index contributed by atoms with van der Waals surface area (Å²) >= 11 is 0. The minimum atomic E-state index is -3.38. The normalized spacial score (nSPS) is 15.0. The number of benzene rings is 3. The molecule has 3 aromatic carbocycles. The maximum atomic E-state index is 11.7. The Kier molecular flexibility index (Phi) is 4.14. The first-order chi connectivity index (χ1) is 13.0. The molecule has 27 heavy (non-hydrogen) atoms. The highest BCUT2D eigenvalue weighted by Gasteiger charge is 2.29. The van der Waals surface area contributed by atoms with Gasteiger partial charge in [0, 0.05) is 22.4 Å². The van der Waals surface area contributed by atoms with E-state index < -0.39 is 10.0 Å². The Morgan fingerprint density at radius 3 is 2.52 bits per heavy atom. The molecule has 3 aromatic rings. The summed E-state index contributed by atoms with van der Waals surface area (Å²) in [4.78, 5) is 0. The molecule has 134 valence electrons. The third kappa shape index (κ3) is 3.27. The molecule has 0 saturated carbocycles. The van der Waals surface area contributed by atoms with E-state index in [1.54, 1.807) is 6.07 Å². The molecule has 0 bridgehead atoms. The Labute approximate surface area is 158 Å². The van der Waals surface area contributed by atoms with Crippen molar-refractivity contribution in [2.24, 2.45) is 0 Å². The van der Waals surface area contributed by atoms with Crippen LogP contribution in [0.15, 0.2) is 66.7 Å². The van der Waals surface area contributed by atoms with Crippen LogP contribution in [0.2, 0.25) is 0 Å². The highest BCUT2D eigenvalue weighted by Crippen LogP contribution is 2.46. The lowest BCUT2D eigenvalue weighted by Crippen LogP contribution is -2.17.